The van der Waals surface area contributed by atoms with Crippen molar-refractivity contribution in [3.05, 3.63) is 59.9 Å². The highest BCUT2D eigenvalue weighted by Crippen LogP contribution is 2.16. The van der Waals surface area contributed by atoms with Gasteiger partial charge in [0.25, 0.3) is 0 Å². The van der Waals surface area contributed by atoms with Gasteiger partial charge >= 0.3 is 0 Å². The van der Waals surface area contributed by atoms with E-state index in [1.165, 1.54) is 0 Å². The predicted octanol–water partition coefficient (Wildman–Crippen LogP) is 2.50. The second kappa shape index (κ2) is 5.46. The van der Waals surface area contributed by atoms with E-state index in [0.717, 1.165) is 11.1 Å². The van der Waals surface area contributed by atoms with E-state index in [9.17, 15) is 5.11 Å². The van der Waals surface area contributed by atoms with Gasteiger partial charge in [0.1, 0.15) is 18.5 Å². The van der Waals surface area contributed by atoms with Crippen LogP contribution in [0.25, 0.3) is 0 Å². The van der Waals surface area contributed by atoms with E-state index < -0.39 is 6.10 Å². The number of rotatable bonds is 4. The van der Waals surface area contributed by atoms with Crippen molar-refractivity contribution in [3.8, 4) is 5.75 Å². The fourth-order valence-corrected chi connectivity index (χ4v) is 1.58. The van der Waals surface area contributed by atoms with Crippen LogP contribution in [0.1, 0.15) is 17.2 Å². The molecule has 3 heteroatoms. The molecule has 0 bridgehead atoms. The number of aliphatic hydroxyl groups excluding tert-OH is 1. The molecule has 0 amide bonds. The molecule has 1 unspecified atom stereocenters. The third-order valence-corrected chi connectivity index (χ3v) is 2.47. The maximum atomic E-state index is 9.96. The van der Waals surface area contributed by atoms with Crippen molar-refractivity contribution in [2.75, 3.05) is 6.61 Å². The molecule has 0 saturated heterocycles. The molecule has 2 aromatic rings. The second-order valence-corrected chi connectivity index (χ2v) is 3.93. The van der Waals surface area contributed by atoms with E-state index in [0.29, 0.717) is 5.75 Å². The molecule has 3 nitrogen and oxygen atoms in total. The Bertz CT molecular complexity index is 471. The number of hydrogen-bond acceptors (Lipinski definition) is 3. The van der Waals surface area contributed by atoms with Gasteiger partial charge in [0.15, 0.2) is 0 Å². The minimum absolute atomic E-state index is 0.231. The fourth-order valence-electron chi connectivity index (χ4n) is 1.58. The van der Waals surface area contributed by atoms with E-state index in [-0.39, 0.29) is 6.61 Å². The molecule has 1 heterocycles. The van der Waals surface area contributed by atoms with Gasteiger partial charge in [0.05, 0.1) is 6.20 Å². The van der Waals surface area contributed by atoms with E-state index in [1.807, 2.05) is 37.3 Å². The Balaban J connectivity index is 1.96. The zero-order chi connectivity index (χ0) is 12.1. The number of hydrogen-bond donors (Lipinski definition) is 1. The molecule has 1 aromatic heterocycles. The average molecular weight is 229 g/mol. The van der Waals surface area contributed by atoms with Crippen LogP contribution in [0.15, 0.2) is 48.8 Å². The van der Waals surface area contributed by atoms with Crippen LogP contribution in [0, 0.1) is 6.92 Å². The second-order valence-electron chi connectivity index (χ2n) is 3.93. The lowest BCUT2D eigenvalue weighted by Crippen LogP contribution is -2.09. The Hall–Kier alpha value is -1.87. The number of ether oxygens (including phenoxy) is 1. The lowest BCUT2D eigenvalue weighted by Gasteiger charge is -2.12. The van der Waals surface area contributed by atoms with Gasteiger partial charge < -0.3 is 9.84 Å². The van der Waals surface area contributed by atoms with Crippen LogP contribution in [-0.2, 0) is 0 Å². The van der Waals surface area contributed by atoms with Gasteiger partial charge in [-0.1, -0.05) is 29.8 Å². The third kappa shape index (κ3) is 3.29. The van der Waals surface area contributed by atoms with Crippen LogP contribution in [0.4, 0.5) is 0 Å². The first-order valence-electron chi connectivity index (χ1n) is 5.53. The quantitative estimate of drug-likeness (QED) is 0.875. The SMILES string of the molecule is Cc1cccc(C(O)COc2cccnc2)c1. The molecular weight excluding hydrogens is 214 g/mol. The molecule has 17 heavy (non-hydrogen) atoms. The summed E-state index contributed by atoms with van der Waals surface area (Å²) < 4.78 is 5.45. The largest absolute Gasteiger partial charge is 0.489 e. The molecule has 0 radical (unpaired) electrons. The number of aryl methyl sites for hydroxylation is 1. The molecule has 1 aromatic carbocycles. The van der Waals surface area contributed by atoms with Crippen LogP contribution >= 0.6 is 0 Å². The smallest absolute Gasteiger partial charge is 0.137 e. The molecule has 0 saturated carbocycles. The zero-order valence-corrected chi connectivity index (χ0v) is 9.71. The predicted molar refractivity (Wildman–Crippen MR) is 65.9 cm³/mol. The summed E-state index contributed by atoms with van der Waals surface area (Å²) in [5, 5.41) is 9.96. The highest BCUT2D eigenvalue weighted by Gasteiger charge is 2.08. The Labute approximate surface area is 101 Å². The normalized spacial score (nSPS) is 12.1. The summed E-state index contributed by atoms with van der Waals surface area (Å²) in [6.07, 6.45) is 2.70. The van der Waals surface area contributed by atoms with Gasteiger partial charge in [0.2, 0.25) is 0 Å². The first kappa shape index (κ1) is 11.6. The van der Waals surface area contributed by atoms with Crippen LogP contribution in [0.3, 0.4) is 0 Å². The summed E-state index contributed by atoms with van der Waals surface area (Å²) in [5.41, 5.74) is 2.00. The van der Waals surface area contributed by atoms with E-state index >= 15 is 0 Å². The highest BCUT2D eigenvalue weighted by atomic mass is 16.5. The molecule has 0 aliphatic heterocycles. The van der Waals surface area contributed by atoms with E-state index in [4.69, 9.17) is 4.74 Å². The number of pyridine rings is 1. The third-order valence-electron chi connectivity index (χ3n) is 2.47. The Morgan fingerprint density at radius 1 is 1.29 bits per heavy atom. The molecule has 1 N–H and O–H groups in total. The van der Waals surface area contributed by atoms with Crippen LogP contribution in [0.2, 0.25) is 0 Å². The highest BCUT2D eigenvalue weighted by molar-refractivity contribution is 5.24. The first-order chi connectivity index (χ1) is 8.25. The molecule has 0 fully saturated rings. The van der Waals surface area contributed by atoms with Gasteiger partial charge in [-0.25, -0.2) is 0 Å². The van der Waals surface area contributed by atoms with Crippen LogP contribution < -0.4 is 4.74 Å². The average Bonchev–Trinajstić information content (AvgIpc) is 2.37. The topological polar surface area (TPSA) is 42.4 Å². The lowest BCUT2D eigenvalue weighted by atomic mass is 10.1. The summed E-state index contributed by atoms with van der Waals surface area (Å²) in [6.45, 7) is 2.23. The van der Waals surface area contributed by atoms with Crippen molar-refractivity contribution in [3.63, 3.8) is 0 Å². The molecule has 0 aliphatic carbocycles. The van der Waals surface area contributed by atoms with Crippen molar-refractivity contribution in [1.29, 1.82) is 0 Å². The van der Waals surface area contributed by atoms with E-state index in [1.54, 1.807) is 18.5 Å². The van der Waals surface area contributed by atoms with Crippen molar-refractivity contribution in [1.82, 2.24) is 4.98 Å². The molecule has 2 rings (SSSR count). The van der Waals surface area contributed by atoms with Crippen molar-refractivity contribution in [2.45, 2.75) is 13.0 Å². The zero-order valence-electron chi connectivity index (χ0n) is 9.71. The van der Waals surface area contributed by atoms with Crippen molar-refractivity contribution >= 4 is 0 Å². The molecule has 0 aliphatic rings. The molecule has 0 spiro atoms. The van der Waals surface area contributed by atoms with Crippen molar-refractivity contribution < 1.29 is 9.84 Å². The molecule has 88 valence electrons. The summed E-state index contributed by atoms with van der Waals surface area (Å²) in [6, 6.07) is 11.4. The standard InChI is InChI=1S/C14H15NO2/c1-11-4-2-5-12(8-11)14(16)10-17-13-6-3-7-15-9-13/h2-9,14,16H,10H2,1H3. The van der Waals surface area contributed by atoms with Gasteiger partial charge in [0, 0.05) is 6.20 Å². The molecule has 1 atom stereocenters. The fraction of sp³-hybridized carbons (Fsp3) is 0.214. The minimum Gasteiger partial charge on any atom is -0.489 e. The molecular formula is C14H15NO2. The maximum Gasteiger partial charge on any atom is 0.137 e. The van der Waals surface area contributed by atoms with Crippen LogP contribution in [-0.4, -0.2) is 16.7 Å². The lowest BCUT2D eigenvalue weighted by molar-refractivity contribution is 0.108. The summed E-state index contributed by atoms with van der Waals surface area (Å²) in [7, 11) is 0. The monoisotopic (exact) mass is 229 g/mol. The Morgan fingerprint density at radius 2 is 2.18 bits per heavy atom. The Morgan fingerprint density at radius 3 is 2.88 bits per heavy atom. The number of aromatic nitrogens is 1. The first-order valence-corrected chi connectivity index (χ1v) is 5.53. The van der Waals surface area contributed by atoms with Gasteiger partial charge in [-0.05, 0) is 24.6 Å². The number of aliphatic hydroxyl groups is 1. The van der Waals surface area contributed by atoms with Crippen LogP contribution in [0.5, 0.6) is 5.75 Å². The van der Waals surface area contributed by atoms with Crippen molar-refractivity contribution in [2.24, 2.45) is 0 Å². The number of nitrogens with zero attached hydrogens (tertiary/aromatic N) is 1. The van der Waals surface area contributed by atoms with Gasteiger partial charge in [-0.2, -0.15) is 0 Å². The van der Waals surface area contributed by atoms with Gasteiger partial charge in [-0.3, -0.25) is 4.98 Å². The number of benzene rings is 1. The Kier molecular flexibility index (Phi) is 3.73. The minimum atomic E-state index is -0.616. The maximum absolute atomic E-state index is 9.96. The summed E-state index contributed by atoms with van der Waals surface area (Å²) in [5.74, 6) is 0.666. The summed E-state index contributed by atoms with van der Waals surface area (Å²) >= 11 is 0. The van der Waals surface area contributed by atoms with E-state index in [2.05, 4.69) is 4.98 Å². The van der Waals surface area contributed by atoms with Gasteiger partial charge in [-0.15, -0.1) is 0 Å². The summed E-state index contributed by atoms with van der Waals surface area (Å²) in [4.78, 5) is 3.94.